The van der Waals surface area contributed by atoms with Crippen LogP contribution in [0.5, 0.6) is 0 Å². The van der Waals surface area contributed by atoms with E-state index in [1.807, 2.05) is 0 Å². The molecule has 1 atom stereocenters. The highest BCUT2D eigenvalue weighted by Crippen LogP contribution is 2.23. The number of esters is 1. The normalized spacial score (nSPS) is 11.8. The summed E-state index contributed by atoms with van der Waals surface area (Å²) in [7, 11) is 0. The quantitative estimate of drug-likeness (QED) is 0.851. The van der Waals surface area contributed by atoms with Crippen LogP contribution in [0.15, 0.2) is 18.2 Å². The van der Waals surface area contributed by atoms with Gasteiger partial charge in [0, 0.05) is 13.3 Å². The molecule has 0 fully saturated rings. The Kier molecular flexibility index (Phi) is 6.12. The van der Waals surface area contributed by atoms with Crippen LogP contribution in [0.2, 0.25) is 10.0 Å². The third-order valence-corrected chi connectivity index (χ3v) is 3.11. The van der Waals surface area contributed by atoms with Crippen molar-refractivity contribution in [3.63, 3.8) is 0 Å². The molecule has 0 aromatic heterocycles. The van der Waals surface area contributed by atoms with E-state index >= 15 is 0 Å². The largest absolute Gasteiger partial charge is 0.464 e. The van der Waals surface area contributed by atoms with Gasteiger partial charge in [0.1, 0.15) is 6.04 Å². The monoisotopic (exact) mass is 303 g/mol. The molecule has 4 nitrogen and oxygen atoms in total. The van der Waals surface area contributed by atoms with Gasteiger partial charge in [-0.25, -0.2) is 4.79 Å². The molecule has 19 heavy (non-hydrogen) atoms. The number of nitrogens with one attached hydrogen (secondary N) is 1. The Bertz CT molecular complexity index is 477. The zero-order valence-corrected chi connectivity index (χ0v) is 12.2. The molecule has 0 aliphatic rings. The van der Waals surface area contributed by atoms with Crippen LogP contribution in [0.4, 0.5) is 0 Å². The summed E-state index contributed by atoms with van der Waals surface area (Å²) in [6.07, 6.45) is 0.301. The van der Waals surface area contributed by atoms with Crippen molar-refractivity contribution < 1.29 is 14.3 Å². The second-order valence-corrected chi connectivity index (χ2v) is 4.77. The molecule has 0 aliphatic carbocycles. The SMILES string of the molecule is CCOC(=O)C(Cc1ccc(Cl)c(Cl)c1)NC(C)=O. The lowest BCUT2D eigenvalue weighted by molar-refractivity contribution is -0.147. The van der Waals surface area contributed by atoms with Crippen LogP contribution in [-0.2, 0) is 20.7 Å². The van der Waals surface area contributed by atoms with E-state index in [4.69, 9.17) is 27.9 Å². The second-order valence-electron chi connectivity index (χ2n) is 3.96. The zero-order chi connectivity index (χ0) is 14.4. The van der Waals surface area contributed by atoms with Gasteiger partial charge in [-0.05, 0) is 24.6 Å². The molecule has 1 aromatic rings. The van der Waals surface area contributed by atoms with Crippen molar-refractivity contribution in [1.29, 1.82) is 0 Å². The smallest absolute Gasteiger partial charge is 0.328 e. The van der Waals surface area contributed by atoms with E-state index in [0.29, 0.717) is 16.5 Å². The van der Waals surface area contributed by atoms with Crippen LogP contribution in [-0.4, -0.2) is 24.5 Å². The van der Waals surface area contributed by atoms with E-state index in [9.17, 15) is 9.59 Å². The Labute approximate surface area is 122 Å². The number of ether oxygens (including phenoxy) is 1. The lowest BCUT2D eigenvalue weighted by Crippen LogP contribution is -2.42. The van der Waals surface area contributed by atoms with Gasteiger partial charge in [-0.1, -0.05) is 29.3 Å². The van der Waals surface area contributed by atoms with Crippen molar-refractivity contribution in [3.8, 4) is 0 Å². The van der Waals surface area contributed by atoms with E-state index in [2.05, 4.69) is 5.32 Å². The average Bonchev–Trinajstić information content (AvgIpc) is 2.33. The number of halogens is 2. The number of benzene rings is 1. The first kappa shape index (κ1) is 15.8. The Balaban J connectivity index is 2.83. The van der Waals surface area contributed by atoms with Gasteiger partial charge < -0.3 is 10.1 Å². The Morgan fingerprint density at radius 3 is 2.53 bits per heavy atom. The number of carbonyl (C=O) groups excluding carboxylic acids is 2. The standard InChI is InChI=1S/C13H15Cl2NO3/c1-3-19-13(18)12(16-8(2)17)7-9-4-5-10(14)11(15)6-9/h4-6,12H,3,7H2,1-2H3,(H,16,17). The molecule has 0 bridgehead atoms. The molecule has 1 unspecified atom stereocenters. The molecule has 0 saturated carbocycles. The van der Waals surface area contributed by atoms with Crippen molar-refractivity contribution in [2.75, 3.05) is 6.61 Å². The minimum absolute atomic E-state index is 0.260. The molecule has 1 amide bonds. The van der Waals surface area contributed by atoms with Gasteiger partial charge in [-0.2, -0.15) is 0 Å². The molecule has 104 valence electrons. The van der Waals surface area contributed by atoms with Gasteiger partial charge in [0.2, 0.25) is 5.91 Å². The number of rotatable bonds is 5. The summed E-state index contributed by atoms with van der Waals surface area (Å²) in [5.41, 5.74) is 0.793. The summed E-state index contributed by atoms with van der Waals surface area (Å²) >= 11 is 11.7. The van der Waals surface area contributed by atoms with E-state index in [1.54, 1.807) is 25.1 Å². The summed E-state index contributed by atoms with van der Waals surface area (Å²) in [4.78, 5) is 22.8. The van der Waals surface area contributed by atoms with Crippen LogP contribution >= 0.6 is 23.2 Å². The molecule has 0 aliphatic heterocycles. The first-order valence-corrected chi connectivity index (χ1v) is 6.57. The average molecular weight is 304 g/mol. The van der Waals surface area contributed by atoms with Gasteiger partial charge in [-0.3, -0.25) is 4.79 Å². The Hall–Kier alpha value is -1.26. The predicted octanol–water partition coefficient (Wildman–Crippen LogP) is 2.60. The number of hydrogen-bond acceptors (Lipinski definition) is 3. The second kappa shape index (κ2) is 7.36. The summed E-state index contributed by atoms with van der Waals surface area (Å²) in [6, 6.07) is 4.34. The maximum atomic E-state index is 11.7. The summed E-state index contributed by atoms with van der Waals surface area (Å²) < 4.78 is 4.92. The lowest BCUT2D eigenvalue weighted by atomic mass is 10.1. The van der Waals surface area contributed by atoms with Gasteiger partial charge >= 0.3 is 5.97 Å². The molecule has 1 rings (SSSR count). The topological polar surface area (TPSA) is 55.4 Å². The minimum atomic E-state index is -0.727. The van der Waals surface area contributed by atoms with Crippen molar-refractivity contribution in [2.45, 2.75) is 26.3 Å². The fourth-order valence-electron chi connectivity index (χ4n) is 1.58. The predicted molar refractivity (Wildman–Crippen MR) is 74.4 cm³/mol. The van der Waals surface area contributed by atoms with Crippen molar-refractivity contribution >= 4 is 35.1 Å². The Morgan fingerprint density at radius 1 is 1.32 bits per heavy atom. The van der Waals surface area contributed by atoms with Crippen LogP contribution < -0.4 is 5.32 Å². The minimum Gasteiger partial charge on any atom is -0.464 e. The Morgan fingerprint density at radius 2 is 2.00 bits per heavy atom. The molecular formula is C13H15Cl2NO3. The third kappa shape index (κ3) is 5.09. The van der Waals surface area contributed by atoms with Crippen LogP contribution in [0.3, 0.4) is 0 Å². The molecule has 1 N–H and O–H groups in total. The molecule has 1 aromatic carbocycles. The maximum Gasteiger partial charge on any atom is 0.328 e. The summed E-state index contributed by atoms with van der Waals surface area (Å²) in [5, 5.41) is 3.41. The van der Waals surface area contributed by atoms with Gasteiger partial charge in [0.25, 0.3) is 0 Å². The summed E-state index contributed by atoms with van der Waals surface area (Å²) in [5.74, 6) is -0.762. The molecule has 0 radical (unpaired) electrons. The van der Waals surface area contributed by atoms with E-state index < -0.39 is 12.0 Å². The highest BCUT2D eigenvalue weighted by atomic mass is 35.5. The summed E-state index contributed by atoms with van der Waals surface area (Å²) in [6.45, 7) is 3.32. The number of amides is 1. The van der Waals surface area contributed by atoms with Crippen LogP contribution in [0, 0.1) is 0 Å². The molecule has 0 spiro atoms. The van der Waals surface area contributed by atoms with Gasteiger partial charge in [0.05, 0.1) is 16.7 Å². The highest BCUT2D eigenvalue weighted by molar-refractivity contribution is 6.42. The third-order valence-electron chi connectivity index (χ3n) is 2.37. The number of carbonyl (C=O) groups is 2. The van der Waals surface area contributed by atoms with Crippen molar-refractivity contribution in [1.82, 2.24) is 5.32 Å². The van der Waals surface area contributed by atoms with Crippen LogP contribution in [0.25, 0.3) is 0 Å². The zero-order valence-electron chi connectivity index (χ0n) is 10.7. The molecular weight excluding hydrogens is 289 g/mol. The molecule has 0 heterocycles. The van der Waals surface area contributed by atoms with Crippen molar-refractivity contribution in [2.24, 2.45) is 0 Å². The number of hydrogen-bond donors (Lipinski definition) is 1. The molecule has 6 heteroatoms. The van der Waals surface area contributed by atoms with Crippen molar-refractivity contribution in [3.05, 3.63) is 33.8 Å². The van der Waals surface area contributed by atoms with Gasteiger partial charge in [0.15, 0.2) is 0 Å². The molecule has 0 saturated heterocycles. The highest BCUT2D eigenvalue weighted by Gasteiger charge is 2.21. The fraction of sp³-hybridized carbons (Fsp3) is 0.385. The van der Waals surface area contributed by atoms with E-state index in [-0.39, 0.29) is 12.5 Å². The first-order valence-electron chi connectivity index (χ1n) is 5.81. The first-order chi connectivity index (χ1) is 8.93. The fourth-order valence-corrected chi connectivity index (χ4v) is 1.90. The van der Waals surface area contributed by atoms with Gasteiger partial charge in [-0.15, -0.1) is 0 Å². The lowest BCUT2D eigenvalue weighted by Gasteiger charge is -2.16. The maximum absolute atomic E-state index is 11.7. The van der Waals surface area contributed by atoms with E-state index in [0.717, 1.165) is 5.56 Å². The van der Waals surface area contributed by atoms with E-state index in [1.165, 1.54) is 6.92 Å². The van der Waals surface area contributed by atoms with Crippen LogP contribution in [0.1, 0.15) is 19.4 Å².